The number of nitrogens with zero attached hydrogens (tertiary/aromatic N) is 9. The van der Waals surface area contributed by atoms with Crippen LogP contribution in [0.5, 0.6) is 11.5 Å². The number of nitrogens with one attached hydrogen (secondary N) is 2. The average molecular weight is 884 g/mol. The molecule has 2 aliphatic rings. The summed E-state index contributed by atoms with van der Waals surface area (Å²) in [7, 11) is 3.77. The van der Waals surface area contributed by atoms with Crippen LogP contribution in [-0.4, -0.2) is 142 Å². The number of imidazole rings is 2. The van der Waals surface area contributed by atoms with Gasteiger partial charge in [-0.3, -0.25) is 9.69 Å². The van der Waals surface area contributed by atoms with Gasteiger partial charge in [0.1, 0.15) is 23.1 Å². The Morgan fingerprint density at radius 3 is 1.78 bits per heavy atom. The Hall–Kier alpha value is -6.19. The molecule has 0 aliphatic carbocycles. The van der Waals surface area contributed by atoms with Crippen LogP contribution in [0.4, 0.5) is 38.0 Å². The normalized spacial score (nSPS) is 15.3. The highest BCUT2D eigenvalue weighted by molar-refractivity contribution is 5.78. The number of alkyl halides is 6. The smallest absolute Gasteiger partial charge is 0.406 e. The van der Waals surface area contributed by atoms with Crippen molar-refractivity contribution in [1.29, 1.82) is 0 Å². The summed E-state index contributed by atoms with van der Waals surface area (Å²) in [6.45, 7) is 7.54. The predicted octanol–water partition coefficient (Wildman–Crippen LogP) is 6.55. The largest absolute Gasteiger partial charge is 0.573 e. The molecule has 2 N–H and O–H groups in total. The average Bonchev–Trinajstić information content (AvgIpc) is 3.87. The van der Waals surface area contributed by atoms with Crippen molar-refractivity contribution >= 4 is 28.8 Å². The second kappa shape index (κ2) is 19.9. The van der Waals surface area contributed by atoms with Gasteiger partial charge in [-0.1, -0.05) is 24.3 Å². The van der Waals surface area contributed by atoms with E-state index in [1.807, 2.05) is 42.1 Å². The molecule has 8 rings (SSSR count). The van der Waals surface area contributed by atoms with Crippen molar-refractivity contribution in [2.24, 2.45) is 5.92 Å². The van der Waals surface area contributed by atoms with Gasteiger partial charge < -0.3 is 34.6 Å². The van der Waals surface area contributed by atoms with Gasteiger partial charge >= 0.3 is 12.7 Å². The van der Waals surface area contributed by atoms with Gasteiger partial charge in [-0.2, -0.15) is 0 Å². The number of halogens is 6. The lowest BCUT2D eigenvalue weighted by Gasteiger charge is -2.32. The van der Waals surface area contributed by atoms with Crippen LogP contribution in [0, 0.1) is 5.92 Å². The van der Waals surface area contributed by atoms with Gasteiger partial charge in [0.05, 0.1) is 43.5 Å². The highest BCUT2D eigenvalue weighted by atomic mass is 19.4. The maximum absolute atomic E-state index is 12.6. The molecule has 0 saturated carbocycles. The summed E-state index contributed by atoms with van der Waals surface area (Å²) in [6.07, 6.45) is -4.53. The van der Waals surface area contributed by atoms with Crippen molar-refractivity contribution < 1.29 is 45.3 Å². The van der Waals surface area contributed by atoms with E-state index in [0.717, 1.165) is 65.3 Å². The van der Waals surface area contributed by atoms with E-state index in [0.29, 0.717) is 64.5 Å². The second-order valence-corrected chi connectivity index (χ2v) is 15.2. The fourth-order valence-corrected chi connectivity index (χ4v) is 7.21. The summed E-state index contributed by atoms with van der Waals surface area (Å²) < 4.78 is 91.9. The fraction of sp³-hybridized carbons (Fsp3) is 0.405. The number of piperidine rings is 1. The third-order valence-corrected chi connectivity index (χ3v) is 10.3. The maximum Gasteiger partial charge on any atom is 0.573 e. The standard InChI is InChI=1S/C23H27F3N6O2.C19H20F3N5O2/c1-30(2)15-22(33)31-10-8-16(9-11-31)13-27-20-6-7-21-28-14-19(32(21)29-20)17-4-3-5-18(12-17)34-23(24,25)26;20-19(21,22)29-15-3-1-2-14(12-15)16-13-24-18-5-4-17(25-27(16)18)23-6-7-26-8-10-28-11-9-26/h3-7,12,14,16H,8-11,13,15H2,1-2H3,(H,27,29);1-5,12-13H,6-11H2,(H,23,25). The molecular weight excluding hydrogens is 837 g/mol. The number of ether oxygens (including phenoxy) is 3. The molecule has 63 heavy (non-hydrogen) atoms. The van der Waals surface area contributed by atoms with Gasteiger partial charge in [0.2, 0.25) is 5.91 Å². The van der Waals surface area contributed by atoms with E-state index in [1.165, 1.54) is 36.4 Å². The zero-order valence-corrected chi connectivity index (χ0v) is 34.6. The Bertz CT molecular complexity index is 2450. The number of rotatable bonds is 13. The van der Waals surface area contributed by atoms with Crippen molar-refractivity contribution in [2.75, 3.05) is 90.3 Å². The minimum Gasteiger partial charge on any atom is -0.406 e. The topological polar surface area (TPSA) is 139 Å². The summed E-state index contributed by atoms with van der Waals surface area (Å²) in [6, 6.07) is 18.8. The SMILES string of the molecule is CN(C)CC(=O)N1CCC(CNc2ccc3ncc(-c4cccc(OC(F)(F)F)c4)n3n2)CC1.FC(F)(F)Oc1cccc(-c2cnc3ccc(NCCN4CCOCC4)nn23)c1. The number of likely N-dealkylation sites (tertiary alicyclic amines) is 1. The van der Waals surface area contributed by atoms with Crippen LogP contribution in [0.15, 0.2) is 85.2 Å². The number of anilines is 2. The summed E-state index contributed by atoms with van der Waals surface area (Å²) >= 11 is 0. The van der Waals surface area contributed by atoms with Crippen LogP contribution in [0.2, 0.25) is 0 Å². The Kier molecular flexibility index (Phi) is 14.2. The number of morpholine rings is 1. The third kappa shape index (κ3) is 12.7. The fourth-order valence-electron chi connectivity index (χ4n) is 7.21. The first-order valence-electron chi connectivity index (χ1n) is 20.3. The molecule has 336 valence electrons. The number of benzene rings is 2. The number of fused-ring (bicyclic) bond motifs is 2. The molecule has 4 aromatic heterocycles. The number of aromatic nitrogens is 6. The number of amides is 1. The lowest BCUT2D eigenvalue weighted by molar-refractivity contribution is -0.275. The van der Waals surface area contributed by atoms with Crippen LogP contribution in [0.3, 0.4) is 0 Å². The molecular formula is C42H47F6N11O4. The molecule has 21 heteroatoms. The number of carbonyl (C=O) groups excluding carboxylic acids is 1. The quantitative estimate of drug-likeness (QED) is 0.122. The third-order valence-electron chi connectivity index (χ3n) is 10.3. The van der Waals surface area contributed by atoms with Gasteiger partial charge in [-0.25, -0.2) is 19.0 Å². The molecule has 0 bridgehead atoms. The predicted molar refractivity (Wildman–Crippen MR) is 222 cm³/mol. The lowest BCUT2D eigenvalue weighted by Crippen LogP contribution is -2.43. The van der Waals surface area contributed by atoms with Gasteiger partial charge in [0.25, 0.3) is 0 Å². The maximum atomic E-state index is 12.6. The molecule has 6 aromatic rings. The summed E-state index contributed by atoms with van der Waals surface area (Å²) in [5.41, 5.74) is 3.34. The van der Waals surface area contributed by atoms with Crippen molar-refractivity contribution in [3.05, 3.63) is 85.2 Å². The molecule has 6 heterocycles. The highest BCUT2D eigenvalue weighted by Crippen LogP contribution is 2.30. The number of hydrogen-bond donors (Lipinski definition) is 2. The van der Waals surface area contributed by atoms with Crippen LogP contribution in [0.25, 0.3) is 33.8 Å². The number of carbonyl (C=O) groups is 1. The molecule has 2 fully saturated rings. The van der Waals surface area contributed by atoms with Crippen molar-refractivity contribution in [2.45, 2.75) is 25.6 Å². The van der Waals surface area contributed by atoms with Gasteiger partial charge in [0.15, 0.2) is 11.3 Å². The summed E-state index contributed by atoms with van der Waals surface area (Å²) in [5.74, 6) is 1.28. The first kappa shape index (κ1) is 44.9. The number of likely N-dealkylation sites (N-methyl/N-ethyl adjacent to an activating group) is 1. The van der Waals surface area contributed by atoms with E-state index in [2.05, 4.69) is 45.2 Å². The Balaban J connectivity index is 0.000000191. The van der Waals surface area contributed by atoms with E-state index < -0.39 is 12.7 Å². The minimum atomic E-state index is -4.76. The van der Waals surface area contributed by atoms with E-state index >= 15 is 0 Å². The molecule has 2 saturated heterocycles. The Morgan fingerprint density at radius 2 is 1.27 bits per heavy atom. The van der Waals surface area contributed by atoms with Crippen molar-refractivity contribution in [3.63, 3.8) is 0 Å². The Morgan fingerprint density at radius 1 is 0.746 bits per heavy atom. The minimum absolute atomic E-state index is 0.154. The van der Waals surface area contributed by atoms with Crippen molar-refractivity contribution in [3.8, 4) is 34.0 Å². The van der Waals surface area contributed by atoms with Crippen LogP contribution < -0.4 is 20.1 Å². The molecule has 2 aliphatic heterocycles. The summed E-state index contributed by atoms with van der Waals surface area (Å²) in [4.78, 5) is 26.9. The molecule has 1 amide bonds. The Labute approximate surface area is 358 Å². The van der Waals surface area contributed by atoms with Gasteiger partial charge in [0, 0.05) is 56.9 Å². The zero-order valence-electron chi connectivity index (χ0n) is 34.6. The van der Waals surface area contributed by atoms with Crippen LogP contribution in [0.1, 0.15) is 12.8 Å². The molecule has 0 unspecified atom stereocenters. The monoisotopic (exact) mass is 883 g/mol. The van der Waals surface area contributed by atoms with Crippen LogP contribution >= 0.6 is 0 Å². The molecule has 0 radical (unpaired) electrons. The van der Waals surface area contributed by atoms with Crippen LogP contribution in [-0.2, 0) is 9.53 Å². The van der Waals surface area contributed by atoms with E-state index in [9.17, 15) is 31.1 Å². The van der Waals surface area contributed by atoms with E-state index in [4.69, 9.17) is 4.74 Å². The van der Waals surface area contributed by atoms with E-state index in [1.54, 1.807) is 39.6 Å². The van der Waals surface area contributed by atoms with Crippen molar-refractivity contribution in [1.82, 2.24) is 43.9 Å². The molecule has 0 atom stereocenters. The molecule has 2 aromatic carbocycles. The molecule has 0 spiro atoms. The molecule has 15 nitrogen and oxygen atoms in total. The second-order valence-electron chi connectivity index (χ2n) is 15.2. The summed E-state index contributed by atoms with van der Waals surface area (Å²) in [5, 5.41) is 15.7. The van der Waals surface area contributed by atoms with Gasteiger partial charge in [-0.15, -0.1) is 36.5 Å². The first-order chi connectivity index (χ1) is 30.2. The zero-order chi connectivity index (χ0) is 44.6. The lowest BCUT2D eigenvalue weighted by atomic mass is 9.96. The number of hydrogen-bond acceptors (Lipinski definition) is 12. The van der Waals surface area contributed by atoms with E-state index in [-0.39, 0.29) is 17.4 Å². The van der Waals surface area contributed by atoms with Gasteiger partial charge in [-0.05, 0) is 81.4 Å². The first-order valence-corrected chi connectivity index (χ1v) is 20.3. The highest BCUT2D eigenvalue weighted by Gasteiger charge is 2.32.